The summed E-state index contributed by atoms with van der Waals surface area (Å²) in [5.74, 6) is 1.02. The molecule has 0 radical (unpaired) electrons. The van der Waals surface area contributed by atoms with Crippen LogP contribution in [0.15, 0.2) is 28.7 Å². The van der Waals surface area contributed by atoms with Gasteiger partial charge in [-0.15, -0.1) is 0 Å². The van der Waals surface area contributed by atoms with E-state index in [0.29, 0.717) is 6.04 Å². The van der Waals surface area contributed by atoms with Crippen molar-refractivity contribution in [2.45, 2.75) is 51.5 Å². The van der Waals surface area contributed by atoms with Crippen LogP contribution in [0.1, 0.15) is 57.1 Å². The summed E-state index contributed by atoms with van der Waals surface area (Å²) in [5.41, 5.74) is 1.36. The van der Waals surface area contributed by atoms with Crippen molar-refractivity contribution in [1.29, 1.82) is 0 Å². The lowest BCUT2D eigenvalue weighted by molar-refractivity contribution is 0.456. The van der Waals surface area contributed by atoms with Crippen molar-refractivity contribution in [1.82, 2.24) is 5.32 Å². The molecular weight excluding hydrogens is 286 g/mol. The van der Waals surface area contributed by atoms with Gasteiger partial charge in [0.1, 0.15) is 0 Å². The molecule has 1 fully saturated rings. The Labute approximate surface area is 119 Å². The number of benzene rings is 1. The molecule has 1 saturated carbocycles. The molecule has 2 rings (SSSR count). The number of halogens is 1. The predicted molar refractivity (Wildman–Crippen MR) is 81.8 cm³/mol. The molecule has 100 valence electrons. The minimum atomic E-state index is 0.434. The second-order valence-corrected chi connectivity index (χ2v) is 6.34. The molecule has 0 bridgehead atoms. The van der Waals surface area contributed by atoms with Gasteiger partial charge < -0.3 is 5.32 Å². The van der Waals surface area contributed by atoms with Crippen molar-refractivity contribution in [3.8, 4) is 0 Å². The van der Waals surface area contributed by atoms with Gasteiger partial charge in [0.2, 0.25) is 0 Å². The van der Waals surface area contributed by atoms with Gasteiger partial charge in [0.15, 0.2) is 0 Å². The smallest absolute Gasteiger partial charge is 0.0302 e. The molecule has 1 unspecified atom stereocenters. The SMILES string of the molecule is CC(NCCCC1CCCC1)c1ccccc1Br. The van der Waals surface area contributed by atoms with Gasteiger partial charge in [0, 0.05) is 10.5 Å². The molecule has 1 aliphatic carbocycles. The van der Waals surface area contributed by atoms with Crippen LogP contribution in [0.2, 0.25) is 0 Å². The summed E-state index contributed by atoms with van der Waals surface area (Å²) in [7, 11) is 0. The Morgan fingerprint density at radius 2 is 2.00 bits per heavy atom. The number of rotatable bonds is 6. The van der Waals surface area contributed by atoms with E-state index in [1.54, 1.807) is 0 Å². The molecule has 1 nitrogen and oxygen atoms in total. The molecule has 1 aromatic rings. The molecule has 1 aromatic carbocycles. The zero-order valence-electron chi connectivity index (χ0n) is 11.3. The van der Waals surface area contributed by atoms with Crippen LogP contribution in [-0.4, -0.2) is 6.54 Å². The van der Waals surface area contributed by atoms with Gasteiger partial charge >= 0.3 is 0 Å². The normalized spacial score (nSPS) is 18.1. The molecule has 1 N–H and O–H groups in total. The molecule has 1 aliphatic rings. The monoisotopic (exact) mass is 309 g/mol. The van der Waals surface area contributed by atoms with Crippen molar-refractivity contribution in [3.05, 3.63) is 34.3 Å². The first-order valence-electron chi connectivity index (χ1n) is 7.25. The van der Waals surface area contributed by atoms with Crippen LogP contribution in [0.4, 0.5) is 0 Å². The second kappa shape index (κ2) is 7.30. The standard InChI is InChI=1S/C16H24BrN/c1-13(15-10-4-5-11-16(15)17)18-12-6-9-14-7-2-3-8-14/h4-5,10-11,13-14,18H,2-3,6-9,12H2,1H3. The lowest BCUT2D eigenvalue weighted by Crippen LogP contribution is -2.20. The Bertz CT molecular complexity index is 358. The third-order valence-corrected chi connectivity index (χ3v) is 4.81. The highest BCUT2D eigenvalue weighted by molar-refractivity contribution is 9.10. The first-order valence-corrected chi connectivity index (χ1v) is 8.04. The van der Waals surface area contributed by atoms with E-state index in [0.717, 1.165) is 12.5 Å². The molecule has 0 saturated heterocycles. The van der Waals surface area contributed by atoms with E-state index < -0.39 is 0 Å². The first kappa shape index (κ1) is 14.1. The molecule has 2 heteroatoms. The highest BCUT2D eigenvalue weighted by Crippen LogP contribution is 2.28. The van der Waals surface area contributed by atoms with Crippen LogP contribution >= 0.6 is 15.9 Å². The van der Waals surface area contributed by atoms with E-state index in [1.165, 1.54) is 48.6 Å². The highest BCUT2D eigenvalue weighted by atomic mass is 79.9. The van der Waals surface area contributed by atoms with Crippen LogP contribution in [0.25, 0.3) is 0 Å². The van der Waals surface area contributed by atoms with E-state index in [2.05, 4.69) is 52.4 Å². The van der Waals surface area contributed by atoms with E-state index >= 15 is 0 Å². The summed E-state index contributed by atoms with van der Waals surface area (Å²) < 4.78 is 1.21. The molecule has 1 atom stereocenters. The Kier molecular flexibility index (Phi) is 5.71. The average molecular weight is 310 g/mol. The topological polar surface area (TPSA) is 12.0 Å². The summed E-state index contributed by atoms with van der Waals surface area (Å²) in [4.78, 5) is 0. The van der Waals surface area contributed by atoms with Gasteiger partial charge in [-0.1, -0.05) is 59.8 Å². The predicted octanol–water partition coefficient (Wildman–Crippen LogP) is 5.07. The third-order valence-electron chi connectivity index (χ3n) is 4.09. The van der Waals surface area contributed by atoms with E-state index in [-0.39, 0.29) is 0 Å². The van der Waals surface area contributed by atoms with Crippen molar-refractivity contribution in [3.63, 3.8) is 0 Å². The average Bonchev–Trinajstić information content (AvgIpc) is 2.88. The van der Waals surface area contributed by atoms with Crippen LogP contribution in [-0.2, 0) is 0 Å². The first-order chi connectivity index (χ1) is 8.77. The summed E-state index contributed by atoms with van der Waals surface area (Å²) in [6.07, 6.45) is 8.60. The Hall–Kier alpha value is -0.340. The summed E-state index contributed by atoms with van der Waals surface area (Å²) in [6, 6.07) is 8.92. The third kappa shape index (κ3) is 4.10. The zero-order chi connectivity index (χ0) is 12.8. The number of hydrogen-bond acceptors (Lipinski definition) is 1. The maximum absolute atomic E-state index is 3.63. The number of hydrogen-bond donors (Lipinski definition) is 1. The van der Waals surface area contributed by atoms with Crippen LogP contribution in [0.3, 0.4) is 0 Å². The Balaban J connectivity index is 1.68. The van der Waals surface area contributed by atoms with Crippen LogP contribution in [0.5, 0.6) is 0 Å². The minimum Gasteiger partial charge on any atom is -0.310 e. The van der Waals surface area contributed by atoms with Crippen molar-refractivity contribution in [2.75, 3.05) is 6.54 Å². The summed E-state index contributed by atoms with van der Waals surface area (Å²) in [5, 5.41) is 3.63. The maximum Gasteiger partial charge on any atom is 0.0302 e. The van der Waals surface area contributed by atoms with Gasteiger partial charge in [-0.2, -0.15) is 0 Å². The quantitative estimate of drug-likeness (QED) is 0.723. The van der Waals surface area contributed by atoms with Gasteiger partial charge in [-0.05, 0) is 43.9 Å². The Morgan fingerprint density at radius 1 is 1.28 bits per heavy atom. The van der Waals surface area contributed by atoms with E-state index in [9.17, 15) is 0 Å². The molecule has 0 aliphatic heterocycles. The van der Waals surface area contributed by atoms with Crippen LogP contribution in [0, 0.1) is 5.92 Å². The Morgan fingerprint density at radius 3 is 2.72 bits per heavy atom. The fourth-order valence-electron chi connectivity index (χ4n) is 2.94. The lowest BCUT2D eigenvalue weighted by Gasteiger charge is -2.16. The van der Waals surface area contributed by atoms with Crippen LogP contribution < -0.4 is 5.32 Å². The fraction of sp³-hybridized carbons (Fsp3) is 0.625. The second-order valence-electron chi connectivity index (χ2n) is 5.49. The van der Waals surface area contributed by atoms with Crippen molar-refractivity contribution in [2.24, 2.45) is 5.92 Å². The summed E-state index contributed by atoms with van der Waals surface area (Å²) in [6.45, 7) is 3.38. The molecule has 0 heterocycles. The lowest BCUT2D eigenvalue weighted by atomic mass is 10.0. The van der Waals surface area contributed by atoms with Gasteiger partial charge in [0.25, 0.3) is 0 Å². The largest absolute Gasteiger partial charge is 0.310 e. The highest BCUT2D eigenvalue weighted by Gasteiger charge is 2.14. The molecule has 18 heavy (non-hydrogen) atoms. The van der Waals surface area contributed by atoms with Gasteiger partial charge in [-0.3, -0.25) is 0 Å². The fourth-order valence-corrected chi connectivity index (χ4v) is 3.57. The molecule has 0 amide bonds. The molecular formula is C16H24BrN. The maximum atomic E-state index is 3.63. The van der Waals surface area contributed by atoms with E-state index in [1.807, 2.05) is 0 Å². The molecule has 0 aromatic heterocycles. The minimum absolute atomic E-state index is 0.434. The summed E-state index contributed by atoms with van der Waals surface area (Å²) >= 11 is 3.62. The van der Waals surface area contributed by atoms with Gasteiger partial charge in [0.05, 0.1) is 0 Å². The van der Waals surface area contributed by atoms with Crippen molar-refractivity contribution >= 4 is 15.9 Å². The van der Waals surface area contributed by atoms with Crippen molar-refractivity contribution < 1.29 is 0 Å². The van der Waals surface area contributed by atoms with E-state index in [4.69, 9.17) is 0 Å². The number of nitrogens with one attached hydrogen (secondary N) is 1. The zero-order valence-corrected chi connectivity index (χ0v) is 12.9. The van der Waals surface area contributed by atoms with Gasteiger partial charge in [-0.25, -0.2) is 0 Å². The molecule has 0 spiro atoms.